The van der Waals surface area contributed by atoms with Gasteiger partial charge in [-0.1, -0.05) is 17.7 Å². The molecule has 1 aliphatic heterocycles. The summed E-state index contributed by atoms with van der Waals surface area (Å²) >= 11 is 5.88. The third-order valence-corrected chi connectivity index (χ3v) is 3.70. The molecule has 0 saturated heterocycles. The number of halogens is 2. The van der Waals surface area contributed by atoms with Crippen molar-refractivity contribution in [3.63, 3.8) is 0 Å². The summed E-state index contributed by atoms with van der Waals surface area (Å²) in [6, 6.07) is 9.16. The zero-order chi connectivity index (χ0) is 16.9. The lowest BCUT2D eigenvalue weighted by atomic mass is 10.2. The van der Waals surface area contributed by atoms with Crippen LogP contribution in [0.5, 0.6) is 11.5 Å². The molecule has 1 heterocycles. The Bertz CT molecular complexity index is 775. The second-order valence-electron chi connectivity index (χ2n) is 5.05. The lowest BCUT2D eigenvalue weighted by molar-refractivity contribution is 0.0954. The van der Waals surface area contributed by atoms with Gasteiger partial charge >= 0.3 is 0 Å². The van der Waals surface area contributed by atoms with Gasteiger partial charge < -0.3 is 9.47 Å². The quantitative estimate of drug-likeness (QED) is 0.683. The Morgan fingerprint density at radius 3 is 2.79 bits per heavy atom. The zero-order valence-corrected chi connectivity index (χ0v) is 13.3. The van der Waals surface area contributed by atoms with E-state index in [4.69, 9.17) is 21.1 Å². The van der Waals surface area contributed by atoms with E-state index < -0.39 is 11.7 Å². The van der Waals surface area contributed by atoms with E-state index in [9.17, 15) is 9.18 Å². The van der Waals surface area contributed by atoms with Crippen molar-refractivity contribution in [3.8, 4) is 11.5 Å². The predicted molar refractivity (Wildman–Crippen MR) is 88.5 cm³/mol. The van der Waals surface area contributed by atoms with E-state index in [0.717, 1.165) is 6.42 Å². The van der Waals surface area contributed by atoms with Gasteiger partial charge in [-0.15, -0.1) is 0 Å². The lowest BCUT2D eigenvalue weighted by Gasteiger charge is -2.08. The zero-order valence-electron chi connectivity index (χ0n) is 12.6. The molecule has 0 atom stereocenters. The van der Waals surface area contributed by atoms with Crippen LogP contribution in [0, 0.1) is 5.82 Å². The number of nitrogens with one attached hydrogen (secondary N) is 1. The number of hydrogen-bond acceptors (Lipinski definition) is 4. The van der Waals surface area contributed by atoms with Crippen LogP contribution in [0.25, 0.3) is 0 Å². The van der Waals surface area contributed by atoms with Crippen LogP contribution in [0.3, 0.4) is 0 Å². The van der Waals surface area contributed by atoms with Gasteiger partial charge in [-0.3, -0.25) is 4.79 Å². The number of hydrogen-bond donors (Lipinski definition) is 1. The van der Waals surface area contributed by atoms with Crippen molar-refractivity contribution in [1.82, 2.24) is 5.43 Å². The highest BCUT2D eigenvalue weighted by molar-refractivity contribution is 6.33. The lowest BCUT2D eigenvalue weighted by Crippen LogP contribution is -2.17. The molecule has 0 bridgehead atoms. The van der Waals surface area contributed by atoms with E-state index in [1.165, 1.54) is 24.4 Å². The van der Waals surface area contributed by atoms with Gasteiger partial charge in [-0.25, -0.2) is 9.82 Å². The molecule has 2 aromatic carbocycles. The summed E-state index contributed by atoms with van der Waals surface area (Å²) in [6.07, 6.45) is 1.95. The van der Waals surface area contributed by atoms with E-state index in [1.807, 2.05) is 0 Å². The van der Waals surface area contributed by atoms with E-state index in [-0.39, 0.29) is 10.6 Å². The Kier molecular flexibility index (Phi) is 4.96. The fraction of sp³-hybridized carbons (Fsp3) is 0.176. The van der Waals surface area contributed by atoms with Crippen molar-refractivity contribution < 1.29 is 18.7 Å². The molecule has 2 aromatic rings. The Morgan fingerprint density at radius 2 is 2.00 bits per heavy atom. The number of amides is 1. The summed E-state index contributed by atoms with van der Waals surface area (Å²) in [5, 5.41) is 3.96. The fourth-order valence-corrected chi connectivity index (χ4v) is 2.37. The van der Waals surface area contributed by atoms with Gasteiger partial charge in [0.2, 0.25) is 0 Å². The molecular weight excluding hydrogens is 335 g/mol. The normalized spacial score (nSPS) is 13.6. The van der Waals surface area contributed by atoms with E-state index in [2.05, 4.69) is 10.5 Å². The number of ether oxygens (including phenoxy) is 2. The molecule has 5 nitrogen and oxygen atoms in total. The molecule has 7 heteroatoms. The first kappa shape index (κ1) is 16.3. The maximum absolute atomic E-state index is 13.6. The van der Waals surface area contributed by atoms with Crippen molar-refractivity contribution in [2.45, 2.75) is 6.42 Å². The minimum absolute atomic E-state index is 0.109. The molecule has 1 N–H and O–H groups in total. The standard InChI is InChI=1S/C17H14ClFN2O3/c18-13-3-1-4-14(19)12(13)10-20-21-17(22)11-5-6-15-16(9-11)24-8-2-7-23-15/h1,3-6,9-10H,2,7-8H2,(H,21,22)/b20-10+. The topological polar surface area (TPSA) is 59.9 Å². The summed E-state index contributed by atoms with van der Waals surface area (Å²) in [4.78, 5) is 12.1. The number of rotatable bonds is 3. The van der Waals surface area contributed by atoms with Crippen molar-refractivity contribution in [2.75, 3.05) is 13.2 Å². The Hall–Kier alpha value is -2.60. The summed E-state index contributed by atoms with van der Waals surface area (Å²) in [6.45, 7) is 1.11. The van der Waals surface area contributed by atoms with E-state index in [0.29, 0.717) is 30.3 Å². The molecule has 0 fully saturated rings. The summed E-state index contributed by atoms with van der Waals surface area (Å²) in [5.74, 6) is 0.150. The number of carbonyl (C=O) groups excluding carboxylic acids is 1. The molecule has 1 aliphatic rings. The van der Waals surface area contributed by atoms with Crippen LogP contribution in [0.4, 0.5) is 4.39 Å². The smallest absolute Gasteiger partial charge is 0.271 e. The third-order valence-electron chi connectivity index (χ3n) is 3.37. The molecule has 0 radical (unpaired) electrons. The number of benzene rings is 2. The third kappa shape index (κ3) is 3.65. The molecule has 0 spiro atoms. The SMILES string of the molecule is O=C(N/N=C/c1c(F)cccc1Cl)c1ccc2c(c1)OCCCO2. The first-order valence-corrected chi connectivity index (χ1v) is 7.70. The summed E-state index contributed by atoms with van der Waals surface area (Å²) in [7, 11) is 0. The highest BCUT2D eigenvalue weighted by Gasteiger charge is 2.14. The van der Waals surface area contributed by atoms with Gasteiger partial charge in [0.15, 0.2) is 11.5 Å². The van der Waals surface area contributed by atoms with Crippen molar-refractivity contribution in [1.29, 1.82) is 0 Å². The highest BCUT2D eigenvalue weighted by Crippen LogP contribution is 2.30. The summed E-state index contributed by atoms with van der Waals surface area (Å²) < 4.78 is 24.6. The largest absolute Gasteiger partial charge is 0.490 e. The van der Waals surface area contributed by atoms with E-state index in [1.54, 1.807) is 18.2 Å². The monoisotopic (exact) mass is 348 g/mol. The second-order valence-corrected chi connectivity index (χ2v) is 5.45. The molecule has 0 aromatic heterocycles. The maximum atomic E-state index is 13.6. The minimum atomic E-state index is -0.518. The van der Waals surface area contributed by atoms with Gasteiger partial charge in [-0.2, -0.15) is 5.10 Å². The molecular formula is C17H14ClFN2O3. The molecule has 3 rings (SSSR count). The first-order chi connectivity index (χ1) is 11.6. The fourth-order valence-electron chi connectivity index (χ4n) is 2.16. The van der Waals surface area contributed by atoms with Crippen LogP contribution in [-0.2, 0) is 0 Å². The molecule has 24 heavy (non-hydrogen) atoms. The molecule has 0 unspecified atom stereocenters. The van der Waals surface area contributed by atoms with Crippen molar-refractivity contribution >= 4 is 23.7 Å². The molecule has 1 amide bonds. The van der Waals surface area contributed by atoms with Crippen LogP contribution in [0.15, 0.2) is 41.5 Å². The van der Waals surface area contributed by atoms with Gasteiger partial charge in [0.1, 0.15) is 5.82 Å². The van der Waals surface area contributed by atoms with Gasteiger partial charge in [0, 0.05) is 17.5 Å². The summed E-state index contributed by atoms with van der Waals surface area (Å²) in [5.41, 5.74) is 2.80. The van der Waals surface area contributed by atoms with Gasteiger partial charge in [0.05, 0.1) is 24.5 Å². The van der Waals surface area contributed by atoms with Crippen molar-refractivity contribution in [2.24, 2.45) is 5.10 Å². The Labute approximate surface area is 143 Å². The Balaban J connectivity index is 1.71. The van der Waals surface area contributed by atoms with Crippen molar-refractivity contribution in [3.05, 3.63) is 58.4 Å². The van der Waals surface area contributed by atoms with E-state index >= 15 is 0 Å². The van der Waals surface area contributed by atoms with Gasteiger partial charge in [-0.05, 0) is 30.3 Å². The minimum Gasteiger partial charge on any atom is -0.490 e. The van der Waals surface area contributed by atoms with Crippen LogP contribution in [0.1, 0.15) is 22.3 Å². The van der Waals surface area contributed by atoms with Gasteiger partial charge in [0.25, 0.3) is 5.91 Å². The van der Waals surface area contributed by atoms with Crippen LogP contribution in [0.2, 0.25) is 5.02 Å². The number of fused-ring (bicyclic) bond motifs is 1. The molecule has 0 saturated carbocycles. The van der Waals surface area contributed by atoms with Crippen LogP contribution in [-0.4, -0.2) is 25.3 Å². The number of nitrogens with zero attached hydrogens (tertiary/aromatic N) is 1. The Morgan fingerprint density at radius 1 is 1.21 bits per heavy atom. The maximum Gasteiger partial charge on any atom is 0.271 e. The predicted octanol–water partition coefficient (Wildman–Crippen LogP) is 3.40. The molecule has 0 aliphatic carbocycles. The molecule has 124 valence electrons. The average molecular weight is 349 g/mol. The van der Waals surface area contributed by atoms with Crippen LogP contribution < -0.4 is 14.9 Å². The highest BCUT2D eigenvalue weighted by atomic mass is 35.5. The number of hydrazone groups is 1. The average Bonchev–Trinajstić information content (AvgIpc) is 2.82. The number of carbonyl (C=O) groups is 1. The first-order valence-electron chi connectivity index (χ1n) is 7.32. The second kappa shape index (κ2) is 7.31. The van der Waals surface area contributed by atoms with Crippen LogP contribution >= 0.6 is 11.6 Å².